The van der Waals surface area contributed by atoms with Crippen molar-refractivity contribution in [2.75, 3.05) is 0 Å². The van der Waals surface area contributed by atoms with Crippen LogP contribution in [0, 0.1) is 6.92 Å². The molecule has 0 bridgehead atoms. The molecule has 4 nitrogen and oxygen atoms in total. The summed E-state index contributed by atoms with van der Waals surface area (Å²) in [6, 6.07) is 14.7. The van der Waals surface area contributed by atoms with E-state index in [9.17, 15) is 13.2 Å². The molecule has 2 aromatic carbocycles. The van der Waals surface area contributed by atoms with Gasteiger partial charge in [0.15, 0.2) is 5.78 Å². The molecular formula is C18H19NO3S. The Morgan fingerprint density at radius 1 is 1.04 bits per heavy atom. The van der Waals surface area contributed by atoms with Crippen LogP contribution < -0.4 is 4.72 Å². The second-order valence-corrected chi connectivity index (χ2v) is 7.07. The van der Waals surface area contributed by atoms with Gasteiger partial charge in [-0.15, -0.1) is 0 Å². The first-order chi connectivity index (χ1) is 10.8. The van der Waals surface area contributed by atoms with Crippen molar-refractivity contribution < 1.29 is 13.2 Å². The van der Waals surface area contributed by atoms with Crippen LogP contribution in [0.1, 0.15) is 24.1 Å². The van der Waals surface area contributed by atoms with Crippen molar-refractivity contribution in [1.29, 1.82) is 0 Å². The van der Waals surface area contributed by atoms with Crippen molar-refractivity contribution >= 4 is 15.8 Å². The highest BCUT2D eigenvalue weighted by Gasteiger charge is 2.25. The zero-order valence-corrected chi connectivity index (χ0v) is 13.9. The number of carbonyl (C=O) groups is 1. The fraction of sp³-hybridized carbons (Fsp3) is 0.167. The van der Waals surface area contributed by atoms with Crippen LogP contribution >= 0.6 is 0 Å². The van der Waals surface area contributed by atoms with E-state index in [-0.39, 0.29) is 16.3 Å². The highest BCUT2D eigenvalue weighted by Crippen LogP contribution is 2.24. The van der Waals surface area contributed by atoms with Gasteiger partial charge in [-0.05, 0) is 31.5 Å². The molecule has 0 saturated carbocycles. The summed E-state index contributed by atoms with van der Waals surface area (Å²) >= 11 is 0. The quantitative estimate of drug-likeness (QED) is 0.828. The first-order valence-corrected chi connectivity index (χ1v) is 8.63. The Bertz CT molecular complexity index is 809. The SMILES string of the molecule is C=C(C(C)=O)[C@@H](NS(=O)(=O)c1ccc(C)cc1)c1ccccc1. The van der Waals surface area contributed by atoms with Crippen LogP contribution in [0.15, 0.2) is 71.6 Å². The standard InChI is InChI=1S/C18H19NO3S/c1-13-9-11-17(12-10-13)23(21,22)19-18(14(2)15(3)20)16-7-5-4-6-8-16/h4-12,18-19H,2H2,1,3H3/t18-/m1/s1. The normalized spacial score (nSPS) is 12.6. The average Bonchev–Trinajstić information content (AvgIpc) is 2.53. The minimum Gasteiger partial charge on any atom is -0.295 e. The number of rotatable bonds is 6. The molecule has 0 aromatic heterocycles. The maximum atomic E-state index is 12.6. The van der Waals surface area contributed by atoms with Crippen molar-refractivity contribution in [3.8, 4) is 0 Å². The van der Waals surface area contributed by atoms with Crippen molar-refractivity contribution in [3.05, 3.63) is 77.9 Å². The lowest BCUT2D eigenvalue weighted by atomic mass is 9.98. The van der Waals surface area contributed by atoms with Gasteiger partial charge in [0.2, 0.25) is 10.0 Å². The molecule has 0 spiro atoms. The van der Waals surface area contributed by atoms with Gasteiger partial charge in [-0.2, -0.15) is 4.72 Å². The third-order valence-electron chi connectivity index (χ3n) is 3.54. The lowest BCUT2D eigenvalue weighted by Gasteiger charge is -2.20. The number of hydrogen-bond donors (Lipinski definition) is 1. The summed E-state index contributed by atoms with van der Waals surface area (Å²) in [5.74, 6) is -0.259. The molecule has 0 aliphatic rings. The van der Waals surface area contributed by atoms with Crippen LogP contribution in [0.5, 0.6) is 0 Å². The van der Waals surface area contributed by atoms with Crippen molar-refractivity contribution in [2.24, 2.45) is 0 Å². The summed E-state index contributed by atoms with van der Waals surface area (Å²) in [5, 5.41) is 0. The van der Waals surface area contributed by atoms with Gasteiger partial charge in [0.05, 0.1) is 10.9 Å². The van der Waals surface area contributed by atoms with Crippen molar-refractivity contribution in [1.82, 2.24) is 4.72 Å². The fourth-order valence-corrected chi connectivity index (χ4v) is 3.35. The second-order valence-electron chi connectivity index (χ2n) is 5.36. The molecular weight excluding hydrogens is 310 g/mol. The Morgan fingerprint density at radius 2 is 1.61 bits per heavy atom. The summed E-state index contributed by atoms with van der Waals surface area (Å²) in [7, 11) is -3.77. The second kappa shape index (κ2) is 6.89. The number of hydrogen-bond acceptors (Lipinski definition) is 3. The van der Waals surface area contributed by atoms with Gasteiger partial charge in [0.1, 0.15) is 0 Å². The molecule has 2 aromatic rings. The Hall–Kier alpha value is -2.24. The summed E-state index contributed by atoms with van der Waals surface area (Å²) in [6.07, 6.45) is 0. The zero-order valence-electron chi connectivity index (χ0n) is 13.1. The average molecular weight is 329 g/mol. The number of ketones is 1. The topological polar surface area (TPSA) is 63.2 Å². The maximum absolute atomic E-state index is 12.6. The van der Waals surface area contributed by atoms with Gasteiger partial charge in [-0.25, -0.2) is 8.42 Å². The van der Waals surface area contributed by atoms with E-state index in [1.54, 1.807) is 36.4 Å². The van der Waals surface area contributed by atoms with Crippen LogP contribution in [-0.2, 0) is 14.8 Å². The molecule has 0 fully saturated rings. The summed E-state index contributed by atoms with van der Waals surface area (Å²) in [4.78, 5) is 11.8. The van der Waals surface area contributed by atoms with E-state index in [1.165, 1.54) is 19.1 Å². The molecule has 0 aliphatic carbocycles. The van der Waals surface area contributed by atoms with E-state index in [4.69, 9.17) is 0 Å². The van der Waals surface area contributed by atoms with Gasteiger partial charge in [-0.1, -0.05) is 54.6 Å². The van der Waals surface area contributed by atoms with Gasteiger partial charge < -0.3 is 0 Å². The number of carbonyl (C=O) groups excluding carboxylic acids is 1. The lowest BCUT2D eigenvalue weighted by Crippen LogP contribution is -2.31. The Balaban J connectivity index is 2.39. The molecule has 23 heavy (non-hydrogen) atoms. The van der Waals surface area contributed by atoms with E-state index < -0.39 is 16.1 Å². The van der Waals surface area contributed by atoms with Gasteiger partial charge in [0, 0.05) is 5.57 Å². The smallest absolute Gasteiger partial charge is 0.241 e. The summed E-state index contributed by atoms with van der Waals surface area (Å²) in [6.45, 7) is 7.00. The molecule has 0 unspecified atom stereocenters. The highest BCUT2D eigenvalue weighted by atomic mass is 32.2. The molecule has 0 radical (unpaired) electrons. The molecule has 2 rings (SSSR count). The van der Waals surface area contributed by atoms with E-state index in [0.29, 0.717) is 5.56 Å². The molecule has 120 valence electrons. The van der Waals surface area contributed by atoms with E-state index >= 15 is 0 Å². The molecule has 1 N–H and O–H groups in total. The maximum Gasteiger partial charge on any atom is 0.241 e. The van der Waals surface area contributed by atoms with Crippen LogP contribution in [0.3, 0.4) is 0 Å². The van der Waals surface area contributed by atoms with Crippen LogP contribution in [-0.4, -0.2) is 14.2 Å². The molecule has 0 amide bonds. The number of aryl methyl sites for hydroxylation is 1. The molecule has 0 aliphatic heterocycles. The van der Waals surface area contributed by atoms with Crippen molar-refractivity contribution in [2.45, 2.75) is 24.8 Å². The largest absolute Gasteiger partial charge is 0.295 e. The fourth-order valence-electron chi connectivity index (χ4n) is 2.13. The number of benzene rings is 2. The monoisotopic (exact) mass is 329 g/mol. The minimum absolute atomic E-state index is 0.153. The third-order valence-corrected chi connectivity index (χ3v) is 4.98. The van der Waals surface area contributed by atoms with Crippen LogP contribution in [0.2, 0.25) is 0 Å². The Labute approximate surface area is 136 Å². The number of Topliss-reactive ketones (excluding diaryl/α,β-unsaturated/α-hetero) is 1. The number of nitrogens with one attached hydrogen (secondary N) is 1. The summed E-state index contributed by atoms with van der Waals surface area (Å²) in [5.41, 5.74) is 1.84. The third kappa shape index (κ3) is 4.15. The Kier molecular flexibility index (Phi) is 5.13. The van der Waals surface area contributed by atoms with Gasteiger partial charge >= 0.3 is 0 Å². The van der Waals surface area contributed by atoms with E-state index in [1.807, 2.05) is 13.0 Å². The van der Waals surface area contributed by atoms with E-state index in [2.05, 4.69) is 11.3 Å². The van der Waals surface area contributed by atoms with Gasteiger partial charge in [0.25, 0.3) is 0 Å². The highest BCUT2D eigenvalue weighted by molar-refractivity contribution is 7.89. The first kappa shape index (κ1) is 17.1. The van der Waals surface area contributed by atoms with Crippen LogP contribution in [0.4, 0.5) is 0 Å². The molecule has 0 heterocycles. The lowest BCUT2D eigenvalue weighted by molar-refractivity contribution is -0.113. The zero-order chi connectivity index (χ0) is 17.0. The molecule has 5 heteroatoms. The molecule has 0 saturated heterocycles. The van der Waals surface area contributed by atoms with Gasteiger partial charge in [-0.3, -0.25) is 4.79 Å². The molecule has 1 atom stereocenters. The van der Waals surface area contributed by atoms with Crippen LogP contribution in [0.25, 0.3) is 0 Å². The predicted molar refractivity (Wildman–Crippen MR) is 90.5 cm³/mol. The first-order valence-electron chi connectivity index (χ1n) is 7.15. The van der Waals surface area contributed by atoms with Crippen molar-refractivity contribution in [3.63, 3.8) is 0 Å². The predicted octanol–water partition coefficient (Wildman–Crippen LogP) is 3.16. The minimum atomic E-state index is -3.77. The Morgan fingerprint density at radius 3 is 2.13 bits per heavy atom. The summed E-state index contributed by atoms with van der Waals surface area (Å²) < 4.78 is 27.8. The van der Waals surface area contributed by atoms with E-state index in [0.717, 1.165) is 5.56 Å². The number of sulfonamides is 1.